The van der Waals surface area contributed by atoms with Gasteiger partial charge in [-0.2, -0.15) is 5.26 Å². The zero-order valence-corrected chi connectivity index (χ0v) is 13.4. The molecule has 1 aliphatic rings. The average molecular weight is 359 g/mol. The van der Waals surface area contributed by atoms with Gasteiger partial charge in [0.05, 0.1) is 16.5 Å². The van der Waals surface area contributed by atoms with Crippen molar-refractivity contribution in [3.05, 3.63) is 58.1 Å². The second-order valence-electron chi connectivity index (χ2n) is 4.71. The first kappa shape index (κ1) is 14.2. The van der Waals surface area contributed by atoms with Crippen LogP contribution in [0.1, 0.15) is 11.1 Å². The van der Waals surface area contributed by atoms with E-state index in [1.165, 1.54) is 5.56 Å². The fourth-order valence-corrected chi connectivity index (χ4v) is 3.82. The van der Waals surface area contributed by atoms with Crippen LogP contribution < -0.4 is 5.32 Å². The van der Waals surface area contributed by atoms with Crippen LogP contribution in [0.2, 0.25) is 0 Å². The lowest BCUT2D eigenvalue weighted by Gasteiger charge is -2.11. The number of thioether (sulfide) groups is 1. The fourth-order valence-electron chi connectivity index (χ4n) is 2.26. The molecule has 0 saturated carbocycles. The van der Waals surface area contributed by atoms with E-state index in [9.17, 15) is 4.79 Å². The first-order chi connectivity index (χ1) is 10.2. The summed E-state index contributed by atoms with van der Waals surface area (Å²) in [6, 6.07) is 15.4. The molecule has 1 aliphatic heterocycles. The van der Waals surface area contributed by atoms with Gasteiger partial charge >= 0.3 is 0 Å². The Balaban J connectivity index is 1.76. The van der Waals surface area contributed by atoms with Crippen molar-refractivity contribution in [2.75, 3.05) is 5.32 Å². The lowest BCUT2D eigenvalue weighted by Crippen LogP contribution is -2.25. The lowest BCUT2D eigenvalue weighted by molar-refractivity contribution is -0.115. The van der Waals surface area contributed by atoms with Crippen LogP contribution in [0.3, 0.4) is 0 Å². The largest absolute Gasteiger partial charge is 0.324 e. The van der Waals surface area contributed by atoms with Gasteiger partial charge in [-0.15, -0.1) is 11.8 Å². The monoisotopic (exact) mass is 358 g/mol. The number of halogens is 1. The molecule has 21 heavy (non-hydrogen) atoms. The predicted molar refractivity (Wildman–Crippen MR) is 87.3 cm³/mol. The smallest absolute Gasteiger partial charge is 0.238 e. The summed E-state index contributed by atoms with van der Waals surface area (Å²) < 4.78 is 0.819. The van der Waals surface area contributed by atoms with E-state index < -0.39 is 0 Å². The summed E-state index contributed by atoms with van der Waals surface area (Å²) in [6.45, 7) is 0. The van der Waals surface area contributed by atoms with E-state index >= 15 is 0 Å². The maximum atomic E-state index is 12.4. The van der Waals surface area contributed by atoms with Crippen molar-refractivity contribution < 1.29 is 4.79 Å². The molecule has 0 saturated heterocycles. The summed E-state index contributed by atoms with van der Waals surface area (Å²) in [6.07, 6.45) is 0.727. The van der Waals surface area contributed by atoms with E-state index in [0.717, 1.165) is 15.8 Å². The van der Waals surface area contributed by atoms with E-state index in [4.69, 9.17) is 5.26 Å². The van der Waals surface area contributed by atoms with Gasteiger partial charge in [0.25, 0.3) is 0 Å². The van der Waals surface area contributed by atoms with Gasteiger partial charge in [-0.1, -0.05) is 34.1 Å². The molecule has 104 valence electrons. The van der Waals surface area contributed by atoms with Gasteiger partial charge in [-0.3, -0.25) is 4.79 Å². The molecule has 0 fully saturated rings. The third-order valence-corrected chi connectivity index (χ3v) is 5.11. The topological polar surface area (TPSA) is 52.9 Å². The number of carbonyl (C=O) groups is 1. The van der Waals surface area contributed by atoms with Gasteiger partial charge in [0.2, 0.25) is 5.91 Å². The minimum absolute atomic E-state index is 0.0602. The summed E-state index contributed by atoms with van der Waals surface area (Å²) in [5.74, 6) is -0.0602. The Bertz CT molecular complexity index is 729. The number of rotatable bonds is 2. The molecule has 1 N–H and O–H groups in total. The van der Waals surface area contributed by atoms with Gasteiger partial charge < -0.3 is 5.32 Å². The maximum absolute atomic E-state index is 12.4. The summed E-state index contributed by atoms with van der Waals surface area (Å²) >= 11 is 4.90. The number of carbonyl (C=O) groups excluding carboxylic acids is 1. The number of benzene rings is 2. The first-order valence-electron chi connectivity index (χ1n) is 6.42. The van der Waals surface area contributed by atoms with Crippen LogP contribution in [0.5, 0.6) is 0 Å². The highest BCUT2D eigenvalue weighted by Crippen LogP contribution is 2.37. The molecule has 2 aromatic carbocycles. The zero-order valence-electron chi connectivity index (χ0n) is 11.0. The van der Waals surface area contributed by atoms with Gasteiger partial charge in [-0.05, 0) is 36.2 Å². The average Bonchev–Trinajstić information content (AvgIpc) is 2.93. The minimum atomic E-state index is -0.141. The van der Waals surface area contributed by atoms with E-state index in [2.05, 4.69) is 33.4 Å². The highest BCUT2D eigenvalue weighted by atomic mass is 79.9. The third-order valence-electron chi connectivity index (χ3n) is 3.30. The van der Waals surface area contributed by atoms with Crippen LogP contribution in [-0.4, -0.2) is 11.2 Å². The van der Waals surface area contributed by atoms with Crippen LogP contribution in [0.4, 0.5) is 5.69 Å². The van der Waals surface area contributed by atoms with Crippen molar-refractivity contribution in [2.45, 2.75) is 16.6 Å². The maximum Gasteiger partial charge on any atom is 0.238 e. The summed E-state index contributed by atoms with van der Waals surface area (Å²) in [7, 11) is 0. The molecule has 2 aromatic rings. The Hall–Kier alpha value is -1.77. The van der Waals surface area contributed by atoms with Gasteiger partial charge in [0, 0.05) is 9.37 Å². The van der Waals surface area contributed by atoms with Crippen LogP contribution in [-0.2, 0) is 11.2 Å². The number of fused-ring (bicyclic) bond motifs is 1. The Morgan fingerprint density at radius 2 is 2.14 bits per heavy atom. The van der Waals surface area contributed by atoms with Crippen LogP contribution >= 0.6 is 27.7 Å². The molecule has 1 heterocycles. The van der Waals surface area contributed by atoms with Gasteiger partial charge in [0.15, 0.2) is 0 Å². The summed E-state index contributed by atoms with van der Waals surface area (Å²) in [4.78, 5) is 13.5. The molecule has 0 aromatic heterocycles. The standard InChI is InChI=1S/C16H11BrN2OS/c17-12-5-6-13(11(7-12)9-18)19-16(20)15-8-10-3-1-2-4-14(10)21-15/h1-7,15H,8H2,(H,19,20). The molecular weight excluding hydrogens is 348 g/mol. The summed E-state index contributed by atoms with van der Waals surface area (Å²) in [5.41, 5.74) is 2.22. The van der Waals surface area contributed by atoms with Crippen molar-refractivity contribution in [1.82, 2.24) is 0 Å². The molecule has 3 rings (SSSR count). The normalized spacial score (nSPS) is 16.1. The zero-order chi connectivity index (χ0) is 14.8. The Labute approximate surface area is 135 Å². The van der Waals surface area contributed by atoms with E-state index in [1.54, 1.807) is 23.9 Å². The van der Waals surface area contributed by atoms with Crippen molar-refractivity contribution >= 4 is 39.3 Å². The van der Waals surface area contributed by atoms with Crippen molar-refractivity contribution in [2.24, 2.45) is 0 Å². The van der Waals surface area contributed by atoms with Crippen LogP contribution in [0.15, 0.2) is 51.8 Å². The number of nitriles is 1. The molecule has 3 nitrogen and oxygen atoms in total. The van der Waals surface area contributed by atoms with Gasteiger partial charge in [0.1, 0.15) is 6.07 Å². The lowest BCUT2D eigenvalue weighted by atomic mass is 10.1. The number of hydrogen-bond donors (Lipinski definition) is 1. The van der Waals surface area contributed by atoms with Crippen molar-refractivity contribution in [3.63, 3.8) is 0 Å². The van der Waals surface area contributed by atoms with Crippen LogP contribution in [0.25, 0.3) is 0 Å². The number of anilines is 1. The molecule has 0 spiro atoms. The van der Waals surface area contributed by atoms with Crippen LogP contribution in [0, 0.1) is 11.3 Å². The second-order valence-corrected chi connectivity index (χ2v) is 6.87. The Morgan fingerprint density at radius 3 is 2.90 bits per heavy atom. The molecular formula is C16H11BrN2OS. The van der Waals surface area contributed by atoms with E-state index in [0.29, 0.717) is 11.3 Å². The van der Waals surface area contributed by atoms with Crippen molar-refractivity contribution in [1.29, 1.82) is 5.26 Å². The molecule has 1 atom stereocenters. The molecule has 5 heteroatoms. The first-order valence-corrected chi connectivity index (χ1v) is 8.10. The number of amides is 1. The highest BCUT2D eigenvalue weighted by molar-refractivity contribution is 9.10. The molecule has 0 aliphatic carbocycles. The Kier molecular flexibility index (Phi) is 4.00. The van der Waals surface area contributed by atoms with Gasteiger partial charge in [-0.25, -0.2) is 0 Å². The van der Waals surface area contributed by atoms with E-state index in [1.807, 2.05) is 24.3 Å². The predicted octanol–water partition coefficient (Wildman–Crippen LogP) is 3.98. The minimum Gasteiger partial charge on any atom is -0.324 e. The molecule has 1 amide bonds. The second kappa shape index (κ2) is 5.92. The Morgan fingerprint density at radius 1 is 1.33 bits per heavy atom. The SMILES string of the molecule is N#Cc1cc(Br)ccc1NC(=O)C1Cc2ccccc2S1. The van der Waals surface area contributed by atoms with E-state index in [-0.39, 0.29) is 11.2 Å². The fraction of sp³-hybridized carbons (Fsp3) is 0.125. The molecule has 0 radical (unpaired) electrons. The molecule has 1 unspecified atom stereocenters. The number of nitrogens with zero attached hydrogens (tertiary/aromatic N) is 1. The molecule has 0 bridgehead atoms. The quantitative estimate of drug-likeness (QED) is 0.883. The number of hydrogen-bond acceptors (Lipinski definition) is 3. The van der Waals surface area contributed by atoms with Crippen molar-refractivity contribution in [3.8, 4) is 6.07 Å². The number of nitrogens with one attached hydrogen (secondary N) is 1. The highest BCUT2D eigenvalue weighted by Gasteiger charge is 2.28. The third kappa shape index (κ3) is 2.97. The summed E-state index contributed by atoms with van der Waals surface area (Å²) in [5, 5.41) is 11.9.